The minimum Gasteiger partial charge on any atom is -0.478 e. The molecule has 1 aliphatic heterocycles. The zero-order valence-corrected chi connectivity index (χ0v) is 5.07. The van der Waals surface area contributed by atoms with E-state index in [4.69, 9.17) is 5.11 Å². The number of aliphatic imine (C=N–C) groups is 1. The highest BCUT2D eigenvalue weighted by molar-refractivity contribution is 6.03. The number of hydrogen-bond donors (Lipinski definition) is 1. The van der Waals surface area contributed by atoms with Crippen LogP contribution in [0.3, 0.4) is 0 Å². The molecule has 1 amide bonds. The Labute approximate surface area is 56.9 Å². The molecule has 1 heterocycles. The van der Waals surface area contributed by atoms with Crippen molar-refractivity contribution in [3.8, 4) is 0 Å². The summed E-state index contributed by atoms with van der Waals surface area (Å²) in [7, 11) is 0. The van der Waals surface area contributed by atoms with Gasteiger partial charge in [0.1, 0.15) is 0 Å². The van der Waals surface area contributed by atoms with Crippen LogP contribution in [0.15, 0.2) is 16.6 Å². The zero-order chi connectivity index (χ0) is 7.56. The Morgan fingerprint density at radius 3 is 2.80 bits per heavy atom. The average Bonchev–Trinajstić information content (AvgIpc) is 1.88. The molecule has 52 valence electrons. The molecule has 0 saturated carbocycles. The molecule has 4 heteroatoms. The highest BCUT2D eigenvalue weighted by Gasteiger charge is 2.13. The fourth-order valence-electron chi connectivity index (χ4n) is 0.625. The van der Waals surface area contributed by atoms with Crippen molar-refractivity contribution in [3.05, 3.63) is 11.6 Å². The van der Waals surface area contributed by atoms with Crippen molar-refractivity contribution < 1.29 is 14.7 Å². The summed E-state index contributed by atoms with van der Waals surface area (Å²) in [6.07, 6.45) is 2.44. The number of dihydropyridines is 1. The normalized spacial score (nSPS) is 16.8. The third kappa shape index (κ3) is 1.28. The summed E-state index contributed by atoms with van der Waals surface area (Å²) in [4.78, 5) is 24.1. The van der Waals surface area contributed by atoms with Crippen LogP contribution in [0.5, 0.6) is 0 Å². The molecular formula is C6H5NO3. The van der Waals surface area contributed by atoms with E-state index in [1.165, 1.54) is 12.3 Å². The van der Waals surface area contributed by atoms with Crippen molar-refractivity contribution in [2.75, 3.05) is 0 Å². The SMILES string of the molecule is O=C1CC(C(=O)O)=CC=N1. The van der Waals surface area contributed by atoms with Crippen LogP contribution in [0.25, 0.3) is 0 Å². The summed E-state index contributed by atoms with van der Waals surface area (Å²) in [5.41, 5.74) is 0.0972. The van der Waals surface area contributed by atoms with Gasteiger partial charge in [0, 0.05) is 11.8 Å². The molecule has 0 spiro atoms. The van der Waals surface area contributed by atoms with Gasteiger partial charge < -0.3 is 5.11 Å². The van der Waals surface area contributed by atoms with Crippen LogP contribution in [0, 0.1) is 0 Å². The van der Waals surface area contributed by atoms with Gasteiger partial charge >= 0.3 is 5.97 Å². The lowest BCUT2D eigenvalue weighted by Gasteiger charge is -1.99. The third-order valence-electron chi connectivity index (χ3n) is 1.11. The number of allylic oxidation sites excluding steroid dienone is 1. The number of amides is 1. The summed E-state index contributed by atoms with van der Waals surface area (Å²) >= 11 is 0. The first kappa shape index (κ1) is 6.67. The summed E-state index contributed by atoms with van der Waals surface area (Å²) in [6.45, 7) is 0. The Morgan fingerprint density at radius 2 is 2.40 bits per heavy atom. The van der Waals surface area contributed by atoms with E-state index in [9.17, 15) is 9.59 Å². The summed E-state index contributed by atoms with van der Waals surface area (Å²) in [5, 5.41) is 8.37. The molecular weight excluding hydrogens is 134 g/mol. The Bertz CT molecular complexity index is 239. The minimum atomic E-state index is -1.06. The number of hydrogen-bond acceptors (Lipinski definition) is 2. The van der Waals surface area contributed by atoms with E-state index in [1.54, 1.807) is 0 Å². The number of nitrogens with zero attached hydrogens (tertiary/aromatic N) is 1. The molecule has 0 aromatic rings. The molecule has 0 radical (unpaired) electrons. The third-order valence-corrected chi connectivity index (χ3v) is 1.11. The summed E-state index contributed by atoms with van der Waals surface area (Å²) in [6, 6.07) is 0. The number of carboxylic acids is 1. The molecule has 1 aliphatic rings. The Hall–Kier alpha value is -1.45. The molecule has 0 atom stereocenters. The number of rotatable bonds is 1. The first-order chi connectivity index (χ1) is 4.70. The van der Waals surface area contributed by atoms with Gasteiger partial charge in [-0.3, -0.25) is 4.79 Å². The van der Waals surface area contributed by atoms with Crippen LogP contribution in [0.4, 0.5) is 0 Å². The number of aliphatic carboxylic acids is 1. The second-order valence-electron chi connectivity index (χ2n) is 1.85. The van der Waals surface area contributed by atoms with Gasteiger partial charge in [0.05, 0.1) is 6.42 Å². The van der Waals surface area contributed by atoms with Crippen LogP contribution in [0.1, 0.15) is 6.42 Å². The number of carbonyl (C=O) groups is 2. The maximum atomic E-state index is 10.5. The lowest BCUT2D eigenvalue weighted by molar-refractivity contribution is -0.133. The van der Waals surface area contributed by atoms with Gasteiger partial charge in [-0.2, -0.15) is 0 Å². The number of carboxylic acid groups (broad SMARTS) is 1. The molecule has 0 fully saturated rings. The maximum absolute atomic E-state index is 10.5. The second-order valence-corrected chi connectivity index (χ2v) is 1.85. The quantitative estimate of drug-likeness (QED) is 0.556. The Morgan fingerprint density at radius 1 is 1.70 bits per heavy atom. The maximum Gasteiger partial charge on any atom is 0.332 e. The van der Waals surface area contributed by atoms with Gasteiger partial charge in [-0.05, 0) is 6.08 Å². The molecule has 1 N–H and O–H groups in total. The molecule has 0 aromatic carbocycles. The predicted octanol–water partition coefficient (Wildman–Crippen LogP) is -0.00150. The van der Waals surface area contributed by atoms with Gasteiger partial charge in [0.25, 0.3) is 0 Å². The molecule has 0 unspecified atom stereocenters. The molecule has 0 aliphatic carbocycles. The van der Waals surface area contributed by atoms with Crippen molar-refractivity contribution in [1.29, 1.82) is 0 Å². The predicted molar refractivity (Wildman–Crippen MR) is 33.8 cm³/mol. The van der Waals surface area contributed by atoms with E-state index in [-0.39, 0.29) is 12.0 Å². The van der Waals surface area contributed by atoms with E-state index in [0.717, 1.165) is 0 Å². The summed E-state index contributed by atoms with van der Waals surface area (Å²) < 4.78 is 0. The fraction of sp³-hybridized carbons (Fsp3) is 0.167. The van der Waals surface area contributed by atoms with Crippen LogP contribution < -0.4 is 0 Å². The summed E-state index contributed by atoms with van der Waals surface area (Å²) in [5.74, 6) is -1.46. The Kier molecular flexibility index (Phi) is 1.62. The first-order valence-electron chi connectivity index (χ1n) is 2.69. The van der Waals surface area contributed by atoms with E-state index in [0.29, 0.717) is 0 Å². The van der Waals surface area contributed by atoms with Crippen molar-refractivity contribution in [2.45, 2.75) is 6.42 Å². The Balaban J connectivity index is 2.80. The smallest absolute Gasteiger partial charge is 0.332 e. The van der Waals surface area contributed by atoms with E-state index >= 15 is 0 Å². The van der Waals surface area contributed by atoms with Gasteiger partial charge in [-0.25, -0.2) is 9.79 Å². The monoisotopic (exact) mass is 139 g/mol. The molecule has 10 heavy (non-hydrogen) atoms. The van der Waals surface area contributed by atoms with Crippen LogP contribution in [0.2, 0.25) is 0 Å². The second kappa shape index (κ2) is 2.43. The standard InChI is InChI=1S/C6H5NO3/c8-5-3-4(6(9)10)1-2-7-5/h1-2H,3H2,(H,9,10). The largest absolute Gasteiger partial charge is 0.478 e. The molecule has 0 bridgehead atoms. The zero-order valence-electron chi connectivity index (χ0n) is 5.07. The van der Waals surface area contributed by atoms with E-state index < -0.39 is 11.9 Å². The van der Waals surface area contributed by atoms with Gasteiger partial charge in [-0.1, -0.05) is 0 Å². The van der Waals surface area contributed by atoms with Crippen molar-refractivity contribution in [3.63, 3.8) is 0 Å². The minimum absolute atomic E-state index is 0.0914. The van der Waals surface area contributed by atoms with Crippen molar-refractivity contribution in [2.24, 2.45) is 4.99 Å². The molecule has 0 saturated heterocycles. The van der Waals surface area contributed by atoms with Crippen LogP contribution in [-0.2, 0) is 9.59 Å². The van der Waals surface area contributed by atoms with Crippen LogP contribution >= 0.6 is 0 Å². The lowest BCUT2D eigenvalue weighted by Crippen LogP contribution is -2.09. The molecule has 4 nitrogen and oxygen atoms in total. The van der Waals surface area contributed by atoms with Gasteiger partial charge in [0.15, 0.2) is 0 Å². The molecule has 0 aromatic heterocycles. The average molecular weight is 139 g/mol. The topological polar surface area (TPSA) is 66.7 Å². The highest BCUT2D eigenvalue weighted by Crippen LogP contribution is 2.05. The highest BCUT2D eigenvalue weighted by atomic mass is 16.4. The van der Waals surface area contributed by atoms with Crippen molar-refractivity contribution >= 4 is 18.1 Å². The van der Waals surface area contributed by atoms with E-state index in [2.05, 4.69) is 4.99 Å². The van der Waals surface area contributed by atoms with Gasteiger partial charge in [0.2, 0.25) is 5.91 Å². The van der Waals surface area contributed by atoms with Crippen molar-refractivity contribution in [1.82, 2.24) is 0 Å². The first-order valence-corrected chi connectivity index (χ1v) is 2.69. The van der Waals surface area contributed by atoms with Gasteiger partial charge in [-0.15, -0.1) is 0 Å². The molecule has 1 rings (SSSR count). The van der Waals surface area contributed by atoms with E-state index in [1.807, 2.05) is 0 Å². The lowest BCUT2D eigenvalue weighted by atomic mass is 10.1. The van der Waals surface area contributed by atoms with Crippen LogP contribution in [-0.4, -0.2) is 23.2 Å². The fourth-order valence-corrected chi connectivity index (χ4v) is 0.625. The number of carbonyl (C=O) groups excluding carboxylic acids is 1.